The summed E-state index contributed by atoms with van der Waals surface area (Å²) in [6.45, 7) is 0. The number of rotatable bonds is 0. The number of pyridine rings is 2. The Balaban J connectivity index is 0.000000173. The minimum atomic E-state index is -0.0796. The molecule has 0 fully saturated rings. The van der Waals surface area contributed by atoms with E-state index in [0.717, 1.165) is 10.8 Å². The van der Waals surface area contributed by atoms with E-state index < -0.39 is 0 Å². The minimum absolute atomic E-state index is 0. The van der Waals surface area contributed by atoms with Crippen molar-refractivity contribution in [3.05, 3.63) is 60.7 Å². The Labute approximate surface area is 153 Å². The molecule has 25 heavy (non-hydrogen) atoms. The first-order valence-electron chi connectivity index (χ1n) is 7.10. The van der Waals surface area contributed by atoms with Crippen molar-refractivity contribution in [2.45, 2.75) is 0 Å². The van der Waals surface area contributed by atoms with Crippen LogP contribution in [0.4, 0.5) is 0 Å². The summed E-state index contributed by atoms with van der Waals surface area (Å²) in [5, 5.41) is 38.3. The van der Waals surface area contributed by atoms with Crippen LogP contribution in [0.15, 0.2) is 60.7 Å². The largest absolute Gasteiger partial charge is 0.506 e. The maximum Gasteiger partial charge on any atom is 0.211 e. The number of hydrogen-bond donors (Lipinski definition) is 4. The summed E-state index contributed by atoms with van der Waals surface area (Å²) >= 11 is 0. The molecule has 0 amide bonds. The van der Waals surface area contributed by atoms with E-state index in [1.54, 1.807) is 24.3 Å². The van der Waals surface area contributed by atoms with Crippen molar-refractivity contribution in [1.29, 1.82) is 0 Å². The first-order valence-corrected chi connectivity index (χ1v) is 7.10. The number of aromatic nitrogens is 2. The second kappa shape index (κ2) is 7.70. The second-order valence-electron chi connectivity index (χ2n) is 5.04. The molecule has 0 aliphatic carbocycles. The molecular weight excluding hydrogens is 372 g/mol. The van der Waals surface area contributed by atoms with Gasteiger partial charge in [-0.1, -0.05) is 24.3 Å². The van der Waals surface area contributed by atoms with Crippen molar-refractivity contribution in [1.82, 2.24) is 9.97 Å². The summed E-state index contributed by atoms with van der Waals surface area (Å²) in [6.07, 6.45) is 0. The molecule has 6 nitrogen and oxygen atoms in total. The predicted molar refractivity (Wildman–Crippen MR) is 90.1 cm³/mol. The third kappa shape index (κ3) is 4.09. The van der Waals surface area contributed by atoms with Crippen LogP contribution in [0.5, 0.6) is 23.3 Å². The fraction of sp³-hybridized carbons (Fsp3) is 0. The summed E-state index contributed by atoms with van der Waals surface area (Å²) in [4.78, 5) is 7.56. The molecule has 7 heteroatoms. The van der Waals surface area contributed by atoms with Crippen molar-refractivity contribution in [3.8, 4) is 23.3 Å². The van der Waals surface area contributed by atoms with Gasteiger partial charge in [0.2, 0.25) is 11.8 Å². The van der Waals surface area contributed by atoms with E-state index in [1.807, 2.05) is 12.1 Å². The molecule has 0 aliphatic rings. The number of benzene rings is 2. The topological polar surface area (TPSA) is 107 Å². The number of para-hydroxylation sites is 2. The van der Waals surface area contributed by atoms with Gasteiger partial charge in [-0.2, -0.15) is 0 Å². The molecule has 4 aromatic rings. The number of fused-ring (bicyclic) bond motifs is 2. The monoisotopic (exact) mass is 385 g/mol. The fourth-order valence-electron chi connectivity index (χ4n) is 2.24. The Kier molecular flexibility index (Phi) is 5.64. The summed E-state index contributed by atoms with van der Waals surface area (Å²) in [5.41, 5.74) is 0.856. The molecule has 0 bridgehead atoms. The van der Waals surface area contributed by atoms with Crippen molar-refractivity contribution in [2.24, 2.45) is 0 Å². The molecule has 0 saturated carbocycles. The van der Waals surface area contributed by atoms with Crippen LogP contribution in [-0.4, -0.2) is 30.4 Å². The summed E-state index contributed by atoms with van der Waals surface area (Å²) in [7, 11) is 0. The van der Waals surface area contributed by atoms with Gasteiger partial charge in [-0.3, -0.25) is 0 Å². The molecule has 2 aromatic carbocycles. The van der Waals surface area contributed by atoms with Crippen molar-refractivity contribution in [3.63, 3.8) is 0 Å². The maximum absolute atomic E-state index is 9.32. The standard InChI is InChI=1S/2C9H7NO2.Cu/c2*11-7-3-1-2-6-4-5-8(12)10-9(6)7;/h2*1-5,11H,(H,10,12);. The number of phenols is 2. The number of aromatic hydroxyl groups is 4. The average molecular weight is 386 g/mol. The number of phenolic OH excluding ortho intramolecular Hbond substituents is 2. The number of nitrogens with zero attached hydrogens (tertiary/aromatic N) is 2. The van der Waals surface area contributed by atoms with E-state index in [1.165, 1.54) is 24.3 Å². The Bertz CT molecular complexity index is 941. The third-order valence-electron chi connectivity index (χ3n) is 3.37. The van der Waals surface area contributed by atoms with Crippen LogP contribution in [-0.2, 0) is 17.1 Å². The maximum atomic E-state index is 9.32. The Morgan fingerprint density at radius 2 is 0.920 bits per heavy atom. The zero-order valence-corrected chi connectivity index (χ0v) is 13.7. The van der Waals surface area contributed by atoms with Crippen LogP contribution in [0.3, 0.4) is 0 Å². The van der Waals surface area contributed by atoms with Crippen LogP contribution in [0.25, 0.3) is 21.8 Å². The molecule has 131 valence electrons. The van der Waals surface area contributed by atoms with Gasteiger partial charge in [0.05, 0.1) is 0 Å². The smallest absolute Gasteiger partial charge is 0.211 e. The van der Waals surface area contributed by atoms with E-state index in [4.69, 9.17) is 10.2 Å². The molecule has 0 aliphatic heterocycles. The Morgan fingerprint density at radius 3 is 1.32 bits per heavy atom. The fourth-order valence-corrected chi connectivity index (χ4v) is 2.24. The number of hydrogen-bond acceptors (Lipinski definition) is 6. The molecule has 0 atom stereocenters. The van der Waals surface area contributed by atoms with Gasteiger partial charge in [-0.15, -0.1) is 0 Å². The molecule has 1 radical (unpaired) electrons. The van der Waals surface area contributed by atoms with E-state index in [2.05, 4.69) is 9.97 Å². The van der Waals surface area contributed by atoms with Gasteiger partial charge in [0, 0.05) is 40.0 Å². The zero-order chi connectivity index (χ0) is 17.1. The van der Waals surface area contributed by atoms with E-state index in [9.17, 15) is 10.2 Å². The normalized spacial score (nSPS) is 9.92. The Morgan fingerprint density at radius 1 is 0.520 bits per heavy atom. The van der Waals surface area contributed by atoms with Crippen LogP contribution >= 0.6 is 0 Å². The summed E-state index contributed by atoms with van der Waals surface area (Å²) in [6, 6.07) is 16.6. The summed E-state index contributed by atoms with van der Waals surface area (Å²) < 4.78 is 0. The van der Waals surface area contributed by atoms with Gasteiger partial charge in [-0.05, 0) is 24.3 Å². The van der Waals surface area contributed by atoms with Gasteiger partial charge in [0.15, 0.2) is 0 Å². The molecule has 4 rings (SSSR count). The third-order valence-corrected chi connectivity index (χ3v) is 3.37. The zero-order valence-electron chi connectivity index (χ0n) is 12.8. The molecule has 2 heterocycles. The van der Waals surface area contributed by atoms with Gasteiger partial charge in [0.25, 0.3) is 0 Å². The van der Waals surface area contributed by atoms with Crippen molar-refractivity contribution < 1.29 is 37.5 Å². The van der Waals surface area contributed by atoms with Crippen molar-refractivity contribution in [2.75, 3.05) is 0 Å². The van der Waals surface area contributed by atoms with Crippen LogP contribution in [0.1, 0.15) is 0 Å². The molecule has 0 unspecified atom stereocenters. The van der Waals surface area contributed by atoms with E-state index >= 15 is 0 Å². The first kappa shape index (κ1) is 18.3. The Hall–Kier alpha value is -3.02. The average Bonchev–Trinajstić information content (AvgIpc) is 2.57. The van der Waals surface area contributed by atoms with Crippen LogP contribution < -0.4 is 0 Å². The quantitative estimate of drug-likeness (QED) is 0.346. The van der Waals surface area contributed by atoms with E-state index in [-0.39, 0.29) is 40.3 Å². The van der Waals surface area contributed by atoms with E-state index in [0.29, 0.717) is 11.0 Å². The first-order chi connectivity index (χ1) is 11.5. The second-order valence-corrected chi connectivity index (χ2v) is 5.04. The van der Waals surface area contributed by atoms with Gasteiger partial charge < -0.3 is 20.4 Å². The van der Waals surface area contributed by atoms with Crippen LogP contribution in [0, 0.1) is 0 Å². The van der Waals surface area contributed by atoms with Gasteiger partial charge >= 0.3 is 0 Å². The van der Waals surface area contributed by atoms with Gasteiger partial charge in [-0.25, -0.2) is 9.97 Å². The minimum Gasteiger partial charge on any atom is -0.506 e. The van der Waals surface area contributed by atoms with Crippen LogP contribution in [0.2, 0.25) is 0 Å². The SMILES string of the molecule is Oc1ccc2cccc(O)c2n1.Oc1ccc2cccc(O)c2n1.[Cu]. The molecular formula is C18H14CuN2O4. The molecule has 4 N–H and O–H groups in total. The molecule has 0 spiro atoms. The summed E-state index contributed by atoms with van der Waals surface area (Å²) in [5.74, 6) is 0.0137. The van der Waals surface area contributed by atoms with Crippen molar-refractivity contribution >= 4 is 21.8 Å². The molecule has 2 aromatic heterocycles. The molecule has 0 saturated heterocycles. The van der Waals surface area contributed by atoms with Gasteiger partial charge in [0.1, 0.15) is 22.5 Å². The predicted octanol–water partition coefficient (Wildman–Crippen LogP) is 3.29.